The van der Waals surface area contributed by atoms with Gasteiger partial charge in [0.15, 0.2) is 5.82 Å². The fourth-order valence-corrected chi connectivity index (χ4v) is 3.18. The van der Waals surface area contributed by atoms with E-state index in [4.69, 9.17) is 0 Å². The molecule has 5 heteroatoms. The minimum Gasteiger partial charge on any atom is -0.508 e. The van der Waals surface area contributed by atoms with Gasteiger partial charge in [-0.25, -0.2) is 4.98 Å². The van der Waals surface area contributed by atoms with E-state index in [9.17, 15) is 9.90 Å². The van der Waals surface area contributed by atoms with E-state index in [1.54, 1.807) is 24.4 Å². The number of carbonyl (C=O) groups is 1. The molecule has 1 atom stereocenters. The molecule has 0 spiro atoms. The molecule has 4 rings (SSSR count). The molecular formula is C17H15N3O2. The fraction of sp³-hybridized carbons (Fsp3) is 0.235. The first-order valence-corrected chi connectivity index (χ1v) is 7.37. The number of fused-ring (bicyclic) bond motifs is 3. The molecule has 2 aliphatic rings. The summed E-state index contributed by atoms with van der Waals surface area (Å²) >= 11 is 0. The minimum absolute atomic E-state index is 0.0188. The lowest BCUT2D eigenvalue weighted by Gasteiger charge is -2.32. The molecule has 1 aromatic carbocycles. The highest BCUT2D eigenvalue weighted by molar-refractivity contribution is 6.11. The lowest BCUT2D eigenvalue weighted by molar-refractivity contribution is -0.119. The number of benzene rings is 1. The van der Waals surface area contributed by atoms with Gasteiger partial charge in [-0.2, -0.15) is 10.1 Å². The van der Waals surface area contributed by atoms with Gasteiger partial charge < -0.3 is 5.11 Å². The number of rotatable bonds is 1. The van der Waals surface area contributed by atoms with E-state index in [1.807, 2.05) is 18.2 Å². The standard InChI is InChI=1S/C17H15N3O2/c21-13-6-7-14-11(9-13)4-5-12-10-16(22)20(19-17(12)14)15-3-1-2-8-18-15/h1-3,6-9,12,21H,4-5,10H2. The Kier molecular flexibility index (Phi) is 2.92. The molecule has 110 valence electrons. The summed E-state index contributed by atoms with van der Waals surface area (Å²) in [6.45, 7) is 0. The van der Waals surface area contributed by atoms with Crippen molar-refractivity contribution in [1.29, 1.82) is 0 Å². The van der Waals surface area contributed by atoms with Crippen LogP contribution in [-0.2, 0) is 11.2 Å². The van der Waals surface area contributed by atoms with Gasteiger partial charge in [0.05, 0.1) is 5.71 Å². The molecule has 1 aromatic heterocycles. The number of anilines is 1. The lowest BCUT2D eigenvalue weighted by Crippen LogP contribution is -2.39. The Labute approximate surface area is 127 Å². The van der Waals surface area contributed by atoms with Gasteiger partial charge in [-0.3, -0.25) is 4.79 Å². The second kappa shape index (κ2) is 4.94. The van der Waals surface area contributed by atoms with Gasteiger partial charge in [-0.15, -0.1) is 0 Å². The van der Waals surface area contributed by atoms with Crippen LogP contribution in [0.3, 0.4) is 0 Å². The van der Waals surface area contributed by atoms with Gasteiger partial charge >= 0.3 is 0 Å². The lowest BCUT2D eigenvalue weighted by atomic mass is 9.79. The predicted molar refractivity (Wildman–Crippen MR) is 82.8 cm³/mol. The Hall–Kier alpha value is -2.69. The van der Waals surface area contributed by atoms with E-state index in [1.165, 1.54) is 5.01 Å². The maximum absolute atomic E-state index is 12.4. The number of amides is 1. The number of phenols is 1. The predicted octanol–water partition coefficient (Wildman–Crippen LogP) is 2.49. The van der Waals surface area contributed by atoms with Crippen LogP contribution in [0.5, 0.6) is 5.75 Å². The van der Waals surface area contributed by atoms with Crippen molar-refractivity contribution in [2.75, 3.05) is 5.01 Å². The van der Waals surface area contributed by atoms with Crippen molar-refractivity contribution in [2.24, 2.45) is 11.0 Å². The Balaban J connectivity index is 1.81. The number of hydrazone groups is 1. The Morgan fingerprint density at radius 1 is 1.23 bits per heavy atom. The number of carbonyl (C=O) groups excluding carboxylic acids is 1. The van der Waals surface area contributed by atoms with Gasteiger partial charge in [0.1, 0.15) is 5.75 Å². The van der Waals surface area contributed by atoms with E-state index in [0.717, 1.165) is 29.7 Å². The smallest absolute Gasteiger partial charge is 0.249 e. The van der Waals surface area contributed by atoms with E-state index < -0.39 is 0 Å². The molecule has 1 amide bonds. The van der Waals surface area contributed by atoms with Crippen molar-refractivity contribution < 1.29 is 9.90 Å². The number of hydrogen-bond donors (Lipinski definition) is 1. The van der Waals surface area contributed by atoms with Crippen molar-refractivity contribution >= 4 is 17.4 Å². The van der Waals surface area contributed by atoms with Gasteiger partial charge in [0, 0.05) is 24.1 Å². The summed E-state index contributed by atoms with van der Waals surface area (Å²) in [6.07, 6.45) is 3.86. The number of pyridine rings is 1. The number of nitrogens with zero attached hydrogens (tertiary/aromatic N) is 3. The molecule has 0 saturated heterocycles. The molecule has 0 radical (unpaired) electrons. The molecule has 0 saturated carbocycles. The summed E-state index contributed by atoms with van der Waals surface area (Å²) in [5.74, 6) is 0.954. The molecule has 1 aliphatic carbocycles. The zero-order valence-electron chi connectivity index (χ0n) is 11.9. The normalized spacial score (nSPS) is 20.2. The molecule has 2 heterocycles. The van der Waals surface area contributed by atoms with Crippen LogP contribution in [0, 0.1) is 5.92 Å². The van der Waals surface area contributed by atoms with Crippen molar-refractivity contribution in [3.05, 3.63) is 53.7 Å². The average molecular weight is 293 g/mol. The van der Waals surface area contributed by atoms with Crippen molar-refractivity contribution in [1.82, 2.24) is 4.98 Å². The Bertz CT molecular complexity index is 771. The van der Waals surface area contributed by atoms with Crippen LogP contribution in [-0.4, -0.2) is 21.7 Å². The van der Waals surface area contributed by atoms with Crippen LogP contribution in [0.4, 0.5) is 5.82 Å². The number of aromatic hydroxyl groups is 1. The minimum atomic E-state index is -0.0188. The third-order valence-electron chi connectivity index (χ3n) is 4.24. The SMILES string of the molecule is O=C1CC2CCc3cc(O)ccc3C2=NN1c1ccccn1. The van der Waals surface area contributed by atoms with Crippen LogP contribution in [0.15, 0.2) is 47.7 Å². The van der Waals surface area contributed by atoms with Crippen LogP contribution in [0.1, 0.15) is 24.0 Å². The fourth-order valence-electron chi connectivity index (χ4n) is 3.18. The summed E-state index contributed by atoms with van der Waals surface area (Å²) in [5, 5.41) is 15.6. The third kappa shape index (κ3) is 2.06. The van der Waals surface area contributed by atoms with E-state index in [-0.39, 0.29) is 17.6 Å². The van der Waals surface area contributed by atoms with Crippen LogP contribution < -0.4 is 5.01 Å². The first-order valence-electron chi connectivity index (χ1n) is 7.37. The third-order valence-corrected chi connectivity index (χ3v) is 4.24. The number of aromatic nitrogens is 1. The second-order valence-electron chi connectivity index (χ2n) is 5.66. The van der Waals surface area contributed by atoms with Gasteiger partial charge in [0.25, 0.3) is 0 Å². The van der Waals surface area contributed by atoms with Crippen molar-refractivity contribution in [3.8, 4) is 5.75 Å². The Morgan fingerprint density at radius 3 is 2.95 bits per heavy atom. The first kappa shape index (κ1) is 13.0. The number of phenolic OH excluding ortho intramolecular Hbond substituents is 1. The molecule has 0 fully saturated rings. The molecular weight excluding hydrogens is 278 g/mol. The molecule has 22 heavy (non-hydrogen) atoms. The average Bonchev–Trinajstić information content (AvgIpc) is 2.54. The highest BCUT2D eigenvalue weighted by Gasteiger charge is 2.34. The van der Waals surface area contributed by atoms with E-state index in [0.29, 0.717) is 12.2 Å². The summed E-state index contributed by atoms with van der Waals surface area (Å²) in [4.78, 5) is 16.6. The number of aryl methyl sites for hydroxylation is 1. The Morgan fingerprint density at radius 2 is 2.14 bits per heavy atom. The van der Waals surface area contributed by atoms with Crippen LogP contribution in [0.25, 0.3) is 0 Å². The summed E-state index contributed by atoms with van der Waals surface area (Å²) in [6, 6.07) is 10.8. The van der Waals surface area contributed by atoms with Gasteiger partial charge in [-0.1, -0.05) is 6.07 Å². The molecule has 1 N–H and O–H groups in total. The van der Waals surface area contributed by atoms with Crippen molar-refractivity contribution in [3.63, 3.8) is 0 Å². The van der Waals surface area contributed by atoms with Gasteiger partial charge in [-0.05, 0) is 48.7 Å². The second-order valence-corrected chi connectivity index (χ2v) is 5.66. The van der Waals surface area contributed by atoms with Gasteiger partial charge in [0.2, 0.25) is 5.91 Å². The molecule has 1 aliphatic heterocycles. The van der Waals surface area contributed by atoms with E-state index >= 15 is 0 Å². The summed E-state index contributed by atoms with van der Waals surface area (Å²) in [7, 11) is 0. The molecule has 2 aromatic rings. The molecule has 1 unspecified atom stereocenters. The highest BCUT2D eigenvalue weighted by Crippen LogP contribution is 2.34. The quantitative estimate of drug-likeness (QED) is 0.878. The van der Waals surface area contributed by atoms with E-state index in [2.05, 4.69) is 10.1 Å². The highest BCUT2D eigenvalue weighted by atomic mass is 16.3. The first-order chi connectivity index (χ1) is 10.7. The summed E-state index contributed by atoms with van der Waals surface area (Å²) in [5.41, 5.74) is 3.04. The summed E-state index contributed by atoms with van der Waals surface area (Å²) < 4.78 is 0. The van der Waals surface area contributed by atoms with Crippen LogP contribution >= 0.6 is 0 Å². The maximum Gasteiger partial charge on any atom is 0.249 e. The molecule has 0 bridgehead atoms. The monoisotopic (exact) mass is 293 g/mol. The molecule has 5 nitrogen and oxygen atoms in total. The van der Waals surface area contributed by atoms with Crippen LogP contribution in [0.2, 0.25) is 0 Å². The largest absolute Gasteiger partial charge is 0.508 e. The zero-order valence-corrected chi connectivity index (χ0v) is 11.9. The maximum atomic E-state index is 12.4. The zero-order chi connectivity index (χ0) is 15.1. The topological polar surface area (TPSA) is 65.8 Å². The van der Waals surface area contributed by atoms with Crippen molar-refractivity contribution in [2.45, 2.75) is 19.3 Å². The number of hydrogen-bond acceptors (Lipinski definition) is 4.